The van der Waals surface area contributed by atoms with Crippen molar-refractivity contribution in [3.8, 4) is 0 Å². The Kier molecular flexibility index (Phi) is 7.07. The summed E-state index contributed by atoms with van der Waals surface area (Å²) in [6.45, 7) is 13.8. The minimum atomic E-state index is -1.79. The summed E-state index contributed by atoms with van der Waals surface area (Å²) in [6.07, 6.45) is 4.80. The van der Waals surface area contributed by atoms with Crippen LogP contribution in [0.15, 0.2) is 11.0 Å². The van der Waals surface area contributed by atoms with E-state index in [1.807, 2.05) is 0 Å². The maximum Gasteiger partial charge on any atom is 0.130 e. The first-order chi connectivity index (χ1) is 9.22. The van der Waals surface area contributed by atoms with Crippen molar-refractivity contribution in [2.24, 2.45) is 0 Å². The molecule has 0 aromatic carbocycles. The maximum absolute atomic E-state index is 10.9. The predicted octanol–water partition coefficient (Wildman–Crippen LogP) is 6.23. The number of rotatable bonds is 6. The molecule has 0 bridgehead atoms. The molecule has 20 heavy (non-hydrogen) atoms. The van der Waals surface area contributed by atoms with Gasteiger partial charge in [-0.1, -0.05) is 46.7 Å². The van der Waals surface area contributed by atoms with E-state index in [1.165, 1.54) is 36.3 Å². The summed E-state index contributed by atoms with van der Waals surface area (Å²) in [5.74, 6) is 2.57. The van der Waals surface area contributed by atoms with E-state index in [-0.39, 0.29) is 5.04 Å². The summed E-state index contributed by atoms with van der Waals surface area (Å²) in [5.41, 5.74) is 1.25. The fourth-order valence-electron chi connectivity index (χ4n) is 2.79. The smallest absolute Gasteiger partial charge is 0.130 e. The van der Waals surface area contributed by atoms with Crippen molar-refractivity contribution in [2.75, 3.05) is 11.5 Å². The zero-order valence-electron chi connectivity index (χ0n) is 14.1. The number of allylic oxidation sites excluding steroid dienone is 1. The average Bonchev–Trinajstić information content (AvgIpc) is 2.38. The Hall–Kier alpha value is 0.457. The molecule has 0 aromatic heterocycles. The summed E-state index contributed by atoms with van der Waals surface area (Å²) < 4.78 is 0.657. The van der Waals surface area contributed by atoms with Gasteiger partial charge in [0.25, 0.3) is 0 Å². The summed E-state index contributed by atoms with van der Waals surface area (Å²) in [6, 6.07) is 0. The van der Waals surface area contributed by atoms with Crippen LogP contribution in [0, 0.1) is 0 Å². The van der Waals surface area contributed by atoms with Gasteiger partial charge >= 0.3 is 0 Å². The average molecular weight is 333 g/mol. The molecular weight excluding hydrogens is 300 g/mol. The fraction of sp³-hybridized carbons (Fsp3) is 0.875. The fourth-order valence-corrected chi connectivity index (χ4v) is 8.51. The van der Waals surface area contributed by atoms with Crippen LogP contribution in [0.3, 0.4) is 0 Å². The van der Waals surface area contributed by atoms with Gasteiger partial charge in [-0.15, -0.1) is 23.5 Å². The van der Waals surface area contributed by atoms with Crippen molar-refractivity contribution >= 4 is 31.6 Å². The van der Waals surface area contributed by atoms with E-state index in [9.17, 15) is 5.11 Å². The van der Waals surface area contributed by atoms with Crippen LogP contribution in [0.25, 0.3) is 0 Å². The van der Waals surface area contributed by atoms with Crippen molar-refractivity contribution < 1.29 is 5.11 Å². The molecule has 0 radical (unpaired) electrons. The molecule has 0 atom stereocenters. The molecule has 1 fully saturated rings. The van der Waals surface area contributed by atoms with Crippen LogP contribution in [0.5, 0.6) is 0 Å². The molecule has 0 saturated carbocycles. The first-order valence-corrected chi connectivity index (χ1v) is 12.9. The lowest BCUT2D eigenvalue weighted by atomic mass is 10.1. The van der Waals surface area contributed by atoms with Crippen LogP contribution in [0.4, 0.5) is 0 Å². The standard InChI is InChI=1S/C16H32OS2Si/c1-7-9-16(3,4)20(5,6)15(17)13(2)12-14-18-10-8-11-19-14/h14,17H,7-12H2,1-6H3/b15-13-. The number of aliphatic hydroxyl groups excluding tert-OH is 1. The predicted molar refractivity (Wildman–Crippen MR) is 99.7 cm³/mol. The molecule has 1 saturated heterocycles. The maximum atomic E-state index is 10.9. The van der Waals surface area contributed by atoms with Gasteiger partial charge in [-0.3, -0.25) is 0 Å². The third-order valence-electron chi connectivity index (χ3n) is 4.93. The summed E-state index contributed by atoms with van der Waals surface area (Å²) in [5, 5.41) is 11.9. The van der Waals surface area contributed by atoms with Gasteiger partial charge in [0.15, 0.2) is 0 Å². The second-order valence-corrected chi connectivity index (χ2v) is 15.1. The lowest BCUT2D eigenvalue weighted by Gasteiger charge is -2.40. The minimum absolute atomic E-state index is 0.264. The molecule has 0 amide bonds. The first-order valence-electron chi connectivity index (χ1n) is 7.84. The Morgan fingerprint density at radius 3 is 2.30 bits per heavy atom. The molecule has 1 aliphatic heterocycles. The van der Waals surface area contributed by atoms with E-state index < -0.39 is 8.07 Å². The topological polar surface area (TPSA) is 20.2 Å². The number of thioether (sulfide) groups is 2. The monoisotopic (exact) mass is 332 g/mol. The Bertz CT molecular complexity index is 344. The van der Waals surface area contributed by atoms with Crippen molar-refractivity contribution in [1.29, 1.82) is 0 Å². The highest BCUT2D eigenvalue weighted by Gasteiger charge is 2.42. The van der Waals surface area contributed by atoms with Gasteiger partial charge in [-0.05, 0) is 41.9 Å². The second-order valence-electron chi connectivity index (χ2n) is 7.12. The molecule has 1 heterocycles. The van der Waals surface area contributed by atoms with Crippen molar-refractivity contribution in [3.05, 3.63) is 11.0 Å². The summed E-state index contributed by atoms with van der Waals surface area (Å²) in [4.78, 5) is 0. The molecule has 0 unspecified atom stereocenters. The molecule has 1 nitrogen and oxygen atoms in total. The van der Waals surface area contributed by atoms with Crippen LogP contribution in [0.1, 0.15) is 53.4 Å². The van der Waals surface area contributed by atoms with Crippen molar-refractivity contribution in [3.63, 3.8) is 0 Å². The van der Waals surface area contributed by atoms with Gasteiger partial charge in [0.1, 0.15) is 8.07 Å². The highest BCUT2D eigenvalue weighted by Crippen LogP contribution is 2.46. The lowest BCUT2D eigenvalue weighted by molar-refractivity contribution is 0.422. The normalized spacial score (nSPS) is 19.9. The highest BCUT2D eigenvalue weighted by molar-refractivity contribution is 8.17. The number of hydrogen-bond acceptors (Lipinski definition) is 3. The van der Waals surface area contributed by atoms with Gasteiger partial charge in [0, 0.05) is 0 Å². The molecule has 1 N–H and O–H groups in total. The molecule has 0 aromatic rings. The SMILES string of the molecule is CCCC(C)(C)[Si](C)(C)/C(O)=C(/C)CC1SCCCS1. The first kappa shape index (κ1) is 18.5. The molecule has 1 rings (SSSR count). The van der Waals surface area contributed by atoms with Gasteiger partial charge in [-0.25, -0.2) is 0 Å². The summed E-state index contributed by atoms with van der Waals surface area (Å²) >= 11 is 4.14. The van der Waals surface area contributed by atoms with Crippen LogP contribution in [0.2, 0.25) is 18.1 Å². The van der Waals surface area contributed by atoms with E-state index in [2.05, 4.69) is 64.3 Å². The molecule has 118 valence electrons. The number of aliphatic hydroxyl groups is 1. The Morgan fingerprint density at radius 2 is 1.80 bits per heavy atom. The van der Waals surface area contributed by atoms with Crippen LogP contribution >= 0.6 is 23.5 Å². The van der Waals surface area contributed by atoms with E-state index in [4.69, 9.17) is 0 Å². The Balaban J connectivity index is 2.82. The molecule has 0 aliphatic carbocycles. The summed E-state index contributed by atoms with van der Waals surface area (Å²) in [7, 11) is -1.79. The van der Waals surface area contributed by atoms with Crippen LogP contribution < -0.4 is 0 Å². The van der Waals surface area contributed by atoms with Gasteiger partial charge in [-0.2, -0.15) is 0 Å². The quantitative estimate of drug-likeness (QED) is 0.459. The Labute approximate surface area is 135 Å². The minimum Gasteiger partial charge on any atom is -0.517 e. The number of hydrogen-bond donors (Lipinski definition) is 1. The zero-order chi connectivity index (χ0) is 15.4. The molecular formula is C16H32OS2Si. The second kappa shape index (κ2) is 7.64. The third-order valence-corrected chi connectivity index (χ3v) is 13.1. The zero-order valence-corrected chi connectivity index (χ0v) is 16.7. The van der Waals surface area contributed by atoms with Gasteiger partial charge in [0.05, 0.1) is 9.96 Å². The van der Waals surface area contributed by atoms with Crippen LogP contribution in [-0.2, 0) is 0 Å². The van der Waals surface area contributed by atoms with E-state index in [0.717, 1.165) is 11.8 Å². The molecule has 0 spiro atoms. The van der Waals surface area contributed by atoms with Crippen molar-refractivity contribution in [1.82, 2.24) is 0 Å². The largest absolute Gasteiger partial charge is 0.517 e. The highest BCUT2D eigenvalue weighted by atomic mass is 32.2. The van der Waals surface area contributed by atoms with Crippen LogP contribution in [-0.4, -0.2) is 29.3 Å². The van der Waals surface area contributed by atoms with Crippen molar-refractivity contribution in [2.45, 2.75) is 76.1 Å². The Morgan fingerprint density at radius 1 is 1.25 bits per heavy atom. The third kappa shape index (κ3) is 4.47. The lowest BCUT2D eigenvalue weighted by Crippen LogP contribution is -2.42. The molecule has 1 aliphatic rings. The van der Waals surface area contributed by atoms with E-state index in [0.29, 0.717) is 4.58 Å². The van der Waals surface area contributed by atoms with E-state index in [1.54, 1.807) is 0 Å². The van der Waals surface area contributed by atoms with Gasteiger partial charge in [0.2, 0.25) is 0 Å². The van der Waals surface area contributed by atoms with E-state index >= 15 is 0 Å². The molecule has 4 heteroatoms. The van der Waals surface area contributed by atoms with Gasteiger partial charge < -0.3 is 5.11 Å².